The van der Waals surface area contributed by atoms with Gasteiger partial charge in [-0.15, -0.1) is 0 Å². The predicted octanol–water partition coefficient (Wildman–Crippen LogP) is 1.53. The van der Waals surface area contributed by atoms with Crippen LogP contribution in [0.25, 0.3) is 0 Å². The lowest BCUT2D eigenvalue weighted by atomic mass is 10.1. The van der Waals surface area contributed by atoms with E-state index in [4.69, 9.17) is 0 Å². The van der Waals surface area contributed by atoms with Gasteiger partial charge < -0.3 is 10.2 Å². The van der Waals surface area contributed by atoms with Crippen molar-refractivity contribution in [3.63, 3.8) is 0 Å². The maximum Gasteiger partial charge on any atom is 0.240 e. The topological polar surface area (TPSA) is 49.4 Å². The third kappa shape index (κ3) is 1.86. The molecule has 4 nitrogen and oxygen atoms in total. The van der Waals surface area contributed by atoms with Crippen molar-refractivity contribution in [2.24, 2.45) is 5.41 Å². The van der Waals surface area contributed by atoms with Crippen LogP contribution in [0.2, 0.25) is 0 Å². The molecule has 4 heteroatoms. The molecule has 0 unspecified atom stereocenters. The molecule has 1 amide bonds. The Kier molecular flexibility index (Phi) is 2.51. The molecule has 1 heterocycles. The number of ketones is 1. The Morgan fingerprint density at radius 1 is 1.15 bits per heavy atom. The van der Waals surface area contributed by atoms with E-state index >= 15 is 0 Å². The SMILES string of the molecule is O=C1CCc2cc(N3CC4(CC4)CNCC3=O)ccc21. The summed E-state index contributed by atoms with van der Waals surface area (Å²) < 4.78 is 0. The Bertz CT molecular complexity index is 604. The molecule has 2 aliphatic carbocycles. The molecule has 1 aromatic rings. The molecule has 1 N–H and O–H groups in total. The van der Waals surface area contributed by atoms with E-state index in [1.165, 1.54) is 12.8 Å². The Balaban J connectivity index is 1.68. The predicted molar refractivity (Wildman–Crippen MR) is 76.0 cm³/mol. The molecule has 1 saturated carbocycles. The van der Waals surface area contributed by atoms with Crippen LogP contribution in [-0.2, 0) is 11.2 Å². The first kappa shape index (κ1) is 12.1. The Labute approximate surface area is 118 Å². The number of carbonyl (C=O) groups excluding carboxylic acids is 2. The fraction of sp³-hybridized carbons (Fsp3) is 0.500. The zero-order valence-electron chi connectivity index (χ0n) is 11.4. The maximum absolute atomic E-state index is 12.3. The number of hydrogen-bond donors (Lipinski definition) is 1. The minimum Gasteiger partial charge on any atom is -0.311 e. The third-order valence-electron chi connectivity index (χ3n) is 4.85. The summed E-state index contributed by atoms with van der Waals surface area (Å²) in [5.41, 5.74) is 3.19. The summed E-state index contributed by atoms with van der Waals surface area (Å²) in [7, 11) is 0. The van der Waals surface area contributed by atoms with E-state index in [0.29, 0.717) is 18.4 Å². The van der Waals surface area contributed by atoms with Gasteiger partial charge >= 0.3 is 0 Å². The first-order valence-corrected chi connectivity index (χ1v) is 7.34. The highest BCUT2D eigenvalue weighted by molar-refractivity contribution is 6.02. The molecule has 1 aliphatic heterocycles. The minimum atomic E-state index is 0.137. The second-order valence-corrected chi connectivity index (χ2v) is 6.35. The van der Waals surface area contributed by atoms with Gasteiger partial charge in [-0.05, 0) is 43.0 Å². The summed E-state index contributed by atoms with van der Waals surface area (Å²) in [6.07, 6.45) is 3.83. The van der Waals surface area contributed by atoms with Crippen molar-refractivity contribution in [3.8, 4) is 0 Å². The molecule has 0 radical (unpaired) electrons. The van der Waals surface area contributed by atoms with Crippen molar-refractivity contribution in [2.75, 3.05) is 24.5 Å². The molecule has 0 bridgehead atoms. The molecule has 4 rings (SSSR count). The smallest absolute Gasteiger partial charge is 0.240 e. The van der Waals surface area contributed by atoms with E-state index in [1.54, 1.807) is 0 Å². The number of hydrogen-bond acceptors (Lipinski definition) is 3. The second-order valence-electron chi connectivity index (χ2n) is 6.35. The first-order valence-electron chi connectivity index (χ1n) is 7.34. The maximum atomic E-state index is 12.3. The number of aryl methyl sites for hydroxylation is 1. The van der Waals surface area contributed by atoms with Crippen molar-refractivity contribution < 1.29 is 9.59 Å². The molecular weight excluding hydrogens is 252 g/mol. The summed E-state index contributed by atoms with van der Waals surface area (Å²) in [6, 6.07) is 5.87. The normalized spacial score (nSPS) is 23.9. The zero-order chi connectivity index (χ0) is 13.7. The van der Waals surface area contributed by atoms with Crippen molar-refractivity contribution in [1.82, 2.24) is 5.32 Å². The molecule has 0 aromatic heterocycles. The fourth-order valence-corrected chi connectivity index (χ4v) is 3.37. The van der Waals surface area contributed by atoms with Crippen LogP contribution in [0.5, 0.6) is 0 Å². The number of amides is 1. The van der Waals surface area contributed by atoms with Crippen molar-refractivity contribution in [3.05, 3.63) is 29.3 Å². The Morgan fingerprint density at radius 3 is 2.80 bits per heavy atom. The monoisotopic (exact) mass is 270 g/mol. The van der Waals surface area contributed by atoms with E-state index < -0.39 is 0 Å². The average Bonchev–Trinajstić information content (AvgIpc) is 3.16. The van der Waals surface area contributed by atoms with Gasteiger partial charge in [0.05, 0.1) is 6.54 Å². The van der Waals surface area contributed by atoms with Crippen LogP contribution in [0, 0.1) is 5.41 Å². The van der Waals surface area contributed by atoms with Gasteiger partial charge in [0.25, 0.3) is 0 Å². The number of Topliss-reactive ketones (excluding diaryl/α,β-unsaturated/α-hetero) is 1. The number of rotatable bonds is 1. The van der Waals surface area contributed by atoms with Gasteiger partial charge in [0.15, 0.2) is 5.78 Å². The molecule has 1 aromatic carbocycles. The molecule has 3 aliphatic rings. The van der Waals surface area contributed by atoms with E-state index in [2.05, 4.69) is 5.32 Å². The highest BCUT2D eigenvalue weighted by Crippen LogP contribution is 2.47. The van der Waals surface area contributed by atoms with E-state index in [9.17, 15) is 9.59 Å². The average molecular weight is 270 g/mol. The van der Waals surface area contributed by atoms with E-state index in [-0.39, 0.29) is 11.7 Å². The number of carbonyl (C=O) groups is 2. The summed E-state index contributed by atoms with van der Waals surface area (Å²) in [5.74, 6) is 0.368. The second kappa shape index (κ2) is 4.16. The lowest BCUT2D eigenvalue weighted by Crippen LogP contribution is -2.36. The summed E-state index contributed by atoms with van der Waals surface area (Å²) in [5, 5.41) is 3.26. The molecule has 104 valence electrons. The van der Waals surface area contributed by atoms with Gasteiger partial charge in [0.2, 0.25) is 5.91 Å². The van der Waals surface area contributed by atoms with Gasteiger partial charge in [-0.2, -0.15) is 0 Å². The Morgan fingerprint density at radius 2 is 2.00 bits per heavy atom. The van der Waals surface area contributed by atoms with Crippen molar-refractivity contribution in [1.29, 1.82) is 0 Å². The van der Waals surface area contributed by atoms with Crippen molar-refractivity contribution in [2.45, 2.75) is 25.7 Å². The quantitative estimate of drug-likeness (QED) is 0.842. The van der Waals surface area contributed by atoms with Gasteiger partial charge in [0, 0.05) is 36.2 Å². The lowest BCUT2D eigenvalue weighted by Gasteiger charge is -2.24. The van der Waals surface area contributed by atoms with Crippen molar-refractivity contribution >= 4 is 17.4 Å². The largest absolute Gasteiger partial charge is 0.311 e. The summed E-state index contributed by atoms with van der Waals surface area (Å²) in [4.78, 5) is 25.9. The summed E-state index contributed by atoms with van der Waals surface area (Å²) in [6.45, 7) is 2.17. The van der Waals surface area contributed by atoms with Gasteiger partial charge in [0.1, 0.15) is 0 Å². The first-order chi connectivity index (χ1) is 9.67. The van der Waals surface area contributed by atoms with Crippen LogP contribution in [0.15, 0.2) is 18.2 Å². The molecule has 1 saturated heterocycles. The third-order valence-corrected chi connectivity index (χ3v) is 4.85. The van der Waals surface area contributed by atoms with Gasteiger partial charge in [-0.1, -0.05) is 0 Å². The number of nitrogens with zero attached hydrogens (tertiary/aromatic N) is 1. The number of benzene rings is 1. The van der Waals surface area contributed by atoms with Crippen LogP contribution in [0.1, 0.15) is 35.2 Å². The van der Waals surface area contributed by atoms with E-state index in [1.807, 2.05) is 23.1 Å². The van der Waals surface area contributed by atoms with Crippen LogP contribution in [0.4, 0.5) is 5.69 Å². The number of fused-ring (bicyclic) bond motifs is 1. The molecular formula is C16H18N2O2. The number of anilines is 1. The molecule has 0 atom stereocenters. The fourth-order valence-electron chi connectivity index (χ4n) is 3.37. The molecule has 2 fully saturated rings. The molecule has 20 heavy (non-hydrogen) atoms. The standard InChI is InChI=1S/C16H18N2O2/c19-14-4-1-11-7-12(2-3-13(11)14)18-10-16(5-6-16)9-17-8-15(18)20/h2-3,7,17H,1,4-6,8-10H2. The van der Waals surface area contributed by atoms with Gasteiger partial charge in [-0.3, -0.25) is 9.59 Å². The van der Waals surface area contributed by atoms with Crippen LogP contribution in [-0.4, -0.2) is 31.3 Å². The lowest BCUT2D eigenvalue weighted by molar-refractivity contribution is -0.117. The van der Waals surface area contributed by atoms with Gasteiger partial charge in [-0.25, -0.2) is 0 Å². The molecule has 1 spiro atoms. The van der Waals surface area contributed by atoms with E-state index in [0.717, 1.165) is 36.3 Å². The van der Waals surface area contributed by atoms with Crippen LogP contribution in [0.3, 0.4) is 0 Å². The highest BCUT2D eigenvalue weighted by atomic mass is 16.2. The Hall–Kier alpha value is -1.68. The highest BCUT2D eigenvalue weighted by Gasteiger charge is 2.46. The van der Waals surface area contributed by atoms with Crippen LogP contribution < -0.4 is 10.2 Å². The zero-order valence-corrected chi connectivity index (χ0v) is 11.4. The van der Waals surface area contributed by atoms with Crippen LogP contribution >= 0.6 is 0 Å². The summed E-state index contributed by atoms with van der Waals surface area (Å²) >= 11 is 0. The number of nitrogens with one attached hydrogen (secondary N) is 1. The minimum absolute atomic E-state index is 0.137.